The first-order valence-corrected chi connectivity index (χ1v) is 11.2. The van der Waals surface area contributed by atoms with Crippen LogP contribution >= 0.6 is 0 Å². The quantitative estimate of drug-likeness (QED) is 0.208. The van der Waals surface area contributed by atoms with Gasteiger partial charge >= 0.3 is 12.1 Å². The molecule has 0 unspecified atom stereocenters. The van der Waals surface area contributed by atoms with Crippen LogP contribution in [0.25, 0.3) is 11.3 Å². The number of aromatic nitrogens is 2. The van der Waals surface area contributed by atoms with E-state index in [0.717, 1.165) is 12.1 Å². The molecule has 1 heterocycles. The summed E-state index contributed by atoms with van der Waals surface area (Å²) >= 11 is 0. The van der Waals surface area contributed by atoms with Gasteiger partial charge in [-0.05, 0) is 60.2 Å². The van der Waals surface area contributed by atoms with Gasteiger partial charge in [0, 0.05) is 23.9 Å². The highest BCUT2D eigenvalue weighted by molar-refractivity contribution is 5.74. The summed E-state index contributed by atoms with van der Waals surface area (Å²) in [6.07, 6.45) is -3.02. The van der Waals surface area contributed by atoms with E-state index in [1.807, 2.05) is 0 Å². The lowest BCUT2D eigenvalue weighted by Gasteiger charge is -2.10. The molecule has 0 spiro atoms. The molecule has 5 N–H and O–H groups in total. The van der Waals surface area contributed by atoms with Crippen LogP contribution in [0.4, 0.5) is 36.2 Å². The molecular weight excluding hydrogens is 501 g/mol. The number of benzene rings is 3. The molecule has 0 saturated carbocycles. The van der Waals surface area contributed by atoms with Gasteiger partial charge in [0.05, 0.1) is 22.6 Å². The number of aliphatic carboxylic acids is 1. The fourth-order valence-corrected chi connectivity index (χ4v) is 3.45. The number of anilines is 2. The number of azo groups is 1. The maximum atomic E-state index is 12.8. The maximum absolute atomic E-state index is 12.8. The van der Waals surface area contributed by atoms with Gasteiger partial charge in [0.15, 0.2) is 0 Å². The van der Waals surface area contributed by atoms with Gasteiger partial charge in [-0.25, -0.2) is 9.97 Å². The molecule has 4 rings (SSSR count). The number of alkyl halides is 3. The molecule has 1 aromatic heterocycles. The third-order valence-electron chi connectivity index (χ3n) is 5.40. The molecule has 194 valence electrons. The third kappa shape index (κ3) is 6.48. The first kappa shape index (κ1) is 26.2. The Balaban J connectivity index is 1.56. The summed E-state index contributed by atoms with van der Waals surface area (Å²) in [7, 11) is 0. The summed E-state index contributed by atoms with van der Waals surface area (Å²) in [6.45, 7) is 0. The summed E-state index contributed by atoms with van der Waals surface area (Å²) in [5, 5.41) is 30.5. The number of nitrogens with two attached hydrogens (primary N) is 1. The lowest BCUT2D eigenvalue weighted by atomic mass is 10.0. The maximum Gasteiger partial charge on any atom is 0.416 e. The number of hydrogen-bond donors (Lipinski definition) is 4. The molecular formula is C26H21F3N6O3. The van der Waals surface area contributed by atoms with E-state index in [4.69, 9.17) is 10.8 Å². The average molecular weight is 522 g/mol. The van der Waals surface area contributed by atoms with E-state index in [2.05, 4.69) is 25.5 Å². The van der Waals surface area contributed by atoms with Gasteiger partial charge in [0.25, 0.3) is 0 Å². The Labute approximate surface area is 214 Å². The zero-order chi connectivity index (χ0) is 27.3. The van der Waals surface area contributed by atoms with Crippen molar-refractivity contribution in [2.75, 3.05) is 5.32 Å². The Morgan fingerprint density at radius 1 is 1.03 bits per heavy atom. The molecule has 0 aliphatic rings. The number of hydrogen-bond acceptors (Lipinski definition) is 8. The summed E-state index contributed by atoms with van der Waals surface area (Å²) in [4.78, 5) is 19.6. The van der Waals surface area contributed by atoms with Crippen molar-refractivity contribution in [3.8, 4) is 17.0 Å². The van der Waals surface area contributed by atoms with Crippen LogP contribution in [0.1, 0.15) is 11.1 Å². The molecule has 0 bridgehead atoms. The second-order valence-electron chi connectivity index (χ2n) is 8.14. The molecule has 9 nitrogen and oxygen atoms in total. The molecule has 3 aromatic carbocycles. The van der Waals surface area contributed by atoms with E-state index in [1.165, 1.54) is 36.5 Å². The van der Waals surface area contributed by atoms with E-state index in [9.17, 15) is 23.1 Å². The van der Waals surface area contributed by atoms with Crippen LogP contribution in [0.3, 0.4) is 0 Å². The van der Waals surface area contributed by atoms with Crippen LogP contribution < -0.4 is 11.1 Å². The molecule has 0 aliphatic heterocycles. The van der Waals surface area contributed by atoms with Crippen molar-refractivity contribution < 1.29 is 28.2 Å². The van der Waals surface area contributed by atoms with Crippen LogP contribution in [-0.2, 0) is 17.4 Å². The van der Waals surface area contributed by atoms with Gasteiger partial charge in [-0.3, -0.25) is 4.79 Å². The Kier molecular flexibility index (Phi) is 7.63. The second-order valence-corrected chi connectivity index (χ2v) is 8.14. The van der Waals surface area contributed by atoms with Crippen molar-refractivity contribution in [1.82, 2.24) is 9.97 Å². The zero-order valence-corrected chi connectivity index (χ0v) is 19.6. The number of phenolic OH excluding ortho intramolecular Hbond substituents is 1. The highest BCUT2D eigenvalue weighted by Crippen LogP contribution is 2.33. The number of rotatable bonds is 8. The number of nitrogens with one attached hydrogen (secondary N) is 1. The lowest BCUT2D eigenvalue weighted by Crippen LogP contribution is -2.32. The standard InChI is InChI=1S/C26H21F3N6O3/c27-26(28,29)16-5-7-17(8-6-16)32-25-31-12-11-21(33-25)19-3-1-2-4-22(19)35-34-18-9-10-23(36)15(13-18)14-20(30)24(37)38/h1-13,20,36H,14,30H2,(H,37,38)(H,31,32,33)/t20-/m1/s1. The minimum Gasteiger partial charge on any atom is -0.508 e. The Morgan fingerprint density at radius 3 is 2.47 bits per heavy atom. The molecule has 4 aromatic rings. The molecule has 0 aliphatic carbocycles. The number of carboxylic acids is 1. The van der Waals surface area contributed by atoms with E-state index < -0.39 is 23.8 Å². The monoisotopic (exact) mass is 522 g/mol. The molecule has 12 heteroatoms. The number of carbonyl (C=O) groups is 1. The van der Waals surface area contributed by atoms with Gasteiger partial charge in [-0.1, -0.05) is 18.2 Å². The lowest BCUT2D eigenvalue weighted by molar-refractivity contribution is -0.139. The van der Waals surface area contributed by atoms with E-state index in [1.54, 1.807) is 30.3 Å². The second kappa shape index (κ2) is 11.0. The number of nitrogens with zero attached hydrogens (tertiary/aromatic N) is 4. The van der Waals surface area contributed by atoms with Gasteiger partial charge in [0.1, 0.15) is 11.8 Å². The minimum atomic E-state index is -4.43. The van der Waals surface area contributed by atoms with E-state index >= 15 is 0 Å². The molecule has 0 saturated heterocycles. The van der Waals surface area contributed by atoms with Gasteiger partial charge in [-0.15, -0.1) is 5.11 Å². The van der Waals surface area contributed by atoms with Crippen LogP contribution in [0.5, 0.6) is 5.75 Å². The van der Waals surface area contributed by atoms with E-state index in [-0.39, 0.29) is 18.1 Å². The first-order valence-electron chi connectivity index (χ1n) is 11.2. The van der Waals surface area contributed by atoms with Crippen molar-refractivity contribution >= 4 is 29.0 Å². The van der Waals surface area contributed by atoms with Crippen LogP contribution in [0, 0.1) is 0 Å². The van der Waals surface area contributed by atoms with Crippen molar-refractivity contribution in [3.05, 3.63) is 90.1 Å². The third-order valence-corrected chi connectivity index (χ3v) is 5.40. The fraction of sp³-hybridized carbons (Fsp3) is 0.115. The highest BCUT2D eigenvalue weighted by atomic mass is 19.4. The highest BCUT2D eigenvalue weighted by Gasteiger charge is 2.30. The predicted molar refractivity (Wildman–Crippen MR) is 134 cm³/mol. The average Bonchev–Trinajstić information content (AvgIpc) is 2.89. The Hall–Kier alpha value is -4.84. The molecule has 0 radical (unpaired) electrons. The topological polar surface area (TPSA) is 146 Å². The zero-order valence-electron chi connectivity index (χ0n) is 19.6. The minimum absolute atomic E-state index is 0.0865. The number of carboxylic acid groups (broad SMARTS) is 1. The van der Waals surface area contributed by atoms with Gasteiger partial charge in [0.2, 0.25) is 5.95 Å². The fourth-order valence-electron chi connectivity index (χ4n) is 3.45. The van der Waals surface area contributed by atoms with Crippen LogP contribution in [-0.4, -0.2) is 32.2 Å². The van der Waals surface area contributed by atoms with Crippen LogP contribution in [0.15, 0.2) is 89.2 Å². The van der Waals surface area contributed by atoms with Crippen LogP contribution in [0.2, 0.25) is 0 Å². The summed E-state index contributed by atoms with van der Waals surface area (Å²) in [5.41, 5.74) is 7.45. The summed E-state index contributed by atoms with van der Waals surface area (Å²) < 4.78 is 38.4. The molecule has 0 fully saturated rings. The Morgan fingerprint density at radius 2 is 1.76 bits per heavy atom. The summed E-state index contributed by atoms with van der Waals surface area (Å²) in [6, 6.07) is 16.4. The van der Waals surface area contributed by atoms with Gasteiger partial charge < -0.3 is 21.3 Å². The van der Waals surface area contributed by atoms with Crippen molar-refractivity contribution in [1.29, 1.82) is 0 Å². The van der Waals surface area contributed by atoms with Crippen molar-refractivity contribution in [2.45, 2.75) is 18.6 Å². The van der Waals surface area contributed by atoms with Gasteiger partial charge in [-0.2, -0.15) is 18.3 Å². The van der Waals surface area contributed by atoms with Crippen molar-refractivity contribution in [2.24, 2.45) is 16.0 Å². The smallest absolute Gasteiger partial charge is 0.416 e. The SMILES string of the molecule is N[C@H](Cc1cc(N=Nc2ccccc2-c2ccnc(Nc3ccc(C(F)(F)F)cc3)n2)ccc1O)C(=O)O. The Bertz CT molecular complexity index is 1480. The number of phenols is 1. The number of aromatic hydroxyl groups is 1. The van der Waals surface area contributed by atoms with E-state index in [0.29, 0.717) is 33.9 Å². The number of halogens is 3. The predicted octanol–water partition coefficient (Wildman–Crippen LogP) is 5.98. The normalized spacial score (nSPS) is 12.4. The molecule has 0 amide bonds. The van der Waals surface area contributed by atoms with Crippen molar-refractivity contribution in [3.63, 3.8) is 0 Å². The summed E-state index contributed by atoms with van der Waals surface area (Å²) in [5.74, 6) is -1.12. The first-order chi connectivity index (χ1) is 18.1. The molecule has 38 heavy (non-hydrogen) atoms. The largest absolute Gasteiger partial charge is 0.508 e. The molecule has 1 atom stereocenters.